The summed E-state index contributed by atoms with van der Waals surface area (Å²) >= 11 is 0. The number of hydrogen-bond acceptors (Lipinski definition) is 3. The molecule has 0 heterocycles. The molecule has 0 aliphatic heterocycles. The van der Waals surface area contributed by atoms with E-state index in [-0.39, 0.29) is 5.54 Å². The summed E-state index contributed by atoms with van der Waals surface area (Å²) in [6.07, 6.45) is 2.22. The molecule has 0 bridgehead atoms. The molecule has 1 amide bonds. The van der Waals surface area contributed by atoms with E-state index in [1.54, 1.807) is 13.8 Å². The first-order chi connectivity index (χ1) is 7.58. The molecule has 0 aromatic carbocycles. The average molecular weight is 243 g/mol. The van der Waals surface area contributed by atoms with E-state index in [1.807, 2.05) is 20.8 Å². The van der Waals surface area contributed by atoms with Crippen LogP contribution >= 0.6 is 0 Å². The Labute approximate surface area is 104 Å². The lowest BCUT2D eigenvalue weighted by Gasteiger charge is -2.30. The molecular weight excluding hydrogens is 218 g/mol. The molecule has 0 aromatic rings. The van der Waals surface area contributed by atoms with E-state index in [9.17, 15) is 9.90 Å². The lowest BCUT2D eigenvalue weighted by Crippen LogP contribution is -2.47. The predicted octanol–water partition coefficient (Wildman–Crippen LogP) is 2.45. The van der Waals surface area contributed by atoms with Crippen molar-refractivity contribution in [3.05, 3.63) is 0 Å². The summed E-state index contributed by atoms with van der Waals surface area (Å²) in [7, 11) is 0. The van der Waals surface area contributed by atoms with Gasteiger partial charge in [-0.2, -0.15) is 0 Å². The van der Waals surface area contributed by atoms with Crippen LogP contribution in [0.15, 0.2) is 0 Å². The van der Waals surface area contributed by atoms with Gasteiger partial charge >= 0.3 is 6.09 Å². The van der Waals surface area contributed by atoms with Gasteiger partial charge in [0.05, 0.1) is 5.60 Å². The third-order valence-electron chi connectivity index (χ3n) is 2.76. The van der Waals surface area contributed by atoms with Crippen LogP contribution in [0.1, 0.15) is 53.9 Å². The number of aliphatic hydroxyl groups is 1. The SMILES string of the molecule is CC(C)(C)NC(=O)OC(CC1CC1)C(C)(C)O. The molecule has 0 spiro atoms. The van der Waals surface area contributed by atoms with Gasteiger partial charge in [0.2, 0.25) is 0 Å². The maximum absolute atomic E-state index is 11.7. The molecule has 1 unspecified atom stereocenters. The van der Waals surface area contributed by atoms with Crippen molar-refractivity contribution in [3.63, 3.8) is 0 Å². The minimum absolute atomic E-state index is 0.319. The molecule has 0 saturated heterocycles. The number of carbonyl (C=O) groups is 1. The normalized spacial score (nSPS) is 18.7. The Hall–Kier alpha value is -0.770. The van der Waals surface area contributed by atoms with Crippen molar-refractivity contribution in [2.24, 2.45) is 5.92 Å². The predicted molar refractivity (Wildman–Crippen MR) is 66.8 cm³/mol. The second-order valence-corrected chi connectivity index (χ2v) is 6.60. The third kappa shape index (κ3) is 5.91. The highest BCUT2D eigenvalue weighted by molar-refractivity contribution is 5.68. The van der Waals surface area contributed by atoms with Crippen LogP contribution in [0.25, 0.3) is 0 Å². The number of nitrogens with one attached hydrogen (secondary N) is 1. The van der Waals surface area contributed by atoms with Crippen LogP contribution < -0.4 is 5.32 Å². The fraction of sp³-hybridized carbons (Fsp3) is 0.923. The van der Waals surface area contributed by atoms with Gasteiger partial charge in [0, 0.05) is 5.54 Å². The maximum atomic E-state index is 11.7. The van der Waals surface area contributed by atoms with E-state index in [0.29, 0.717) is 5.92 Å². The summed E-state index contributed by atoms with van der Waals surface area (Å²) in [5.74, 6) is 0.605. The Morgan fingerprint density at radius 1 is 1.35 bits per heavy atom. The molecule has 0 aromatic heterocycles. The van der Waals surface area contributed by atoms with Crippen molar-refractivity contribution in [3.8, 4) is 0 Å². The van der Waals surface area contributed by atoms with Crippen molar-refractivity contribution in [2.45, 2.75) is 71.1 Å². The summed E-state index contributed by atoms with van der Waals surface area (Å²) in [6, 6.07) is 0. The Morgan fingerprint density at radius 2 is 1.88 bits per heavy atom. The molecule has 1 atom stereocenters. The molecule has 1 aliphatic carbocycles. The van der Waals surface area contributed by atoms with Crippen molar-refractivity contribution in [1.29, 1.82) is 0 Å². The Balaban J connectivity index is 2.50. The largest absolute Gasteiger partial charge is 0.443 e. The first kappa shape index (κ1) is 14.3. The second-order valence-electron chi connectivity index (χ2n) is 6.60. The number of amides is 1. The molecule has 1 fully saturated rings. The summed E-state index contributed by atoms with van der Waals surface area (Å²) < 4.78 is 5.34. The van der Waals surface area contributed by atoms with Gasteiger partial charge in [-0.05, 0) is 47.0 Å². The van der Waals surface area contributed by atoms with Crippen LogP contribution in [0.2, 0.25) is 0 Å². The molecule has 0 radical (unpaired) electrons. The van der Waals surface area contributed by atoms with Crippen LogP contribution in [-0.4, -0.2) is 28.4 Å². The number of hydrogen-bond donors (Lipinski definition) is 2. The fourth-order valence-electron chi connectivity index (χ4n) is 1.60. The zero-order valence-electron chi connectivity index (χ0n) is 11.5. The lowest BCUT2D eigenvalue weighted by atomic mass is 9.97. The van der Waals surface area contributed by atoms with E-state index < -0.39 is 17.8 Å². The molecule has 2 N–H and O–H groups in total. The van der Waals surface area contributed by atoms with Crippen molar-refractivity contribution >= 4 is 6.09 Å². The van der Waals surface area contributed by atoms with E-state index in [4.69, 9.17) is 4.74 Å². The summed E-state index contributed by atoms with van der Waals surface area (Å²) in [5, 5.41) is 12.7. The minimum atomic E-state index is -0.988. The first-order valence-corrected chi connectivity index (χ1v) is 6.29. The average Bonchev–Trinajstić information content (AvgIpc) is 2.81. The number of ether oxygens (including phenoxy) is 1. The van der Waals surface area contributed by atoms with Gasteiger partial charge in [-0.1, -0.05) is 12.8 Å². The molecule has 100 valence electrons. The zero-order valence-corrected chi connectivity index (χ0v) is 11.5. The van der Waals surface area contributed by atoms with Crippen LogP contribution in [-0.2, 0) is 4.74 Å². The number of carbonyl (C=O) groups excluding carboxylic acids is 1. The van der Waals surface area contributed by atoms with E-state index >= 15 is 0 Å². The van der Waals surface area contributed by atoms with Gasteiger partial charge < -0.3 is 15.2 Å². The van der Waals surface area contributed by atoms with Crippen molar-refractivity contribution in [1.82, 2.24) is 5.32 Å². The van der Waals surface area contributed by atoms with E-state index in [2.05, 4.69) is 5.32 Å². The quantitative estimate of drug-likeness (QED) is 0.797. The van der Waals surface area contributed by atoms with Crippen LogP contribution in [0.5, 0.6) is 0 Å². The van der Waals surface area contributed by atoms with Gasteiger partial charge in [0.1, 0.15) is 6.10 Å². The van der Waals surface area contributed by atoms with Gasteiger partial charge in [0.25, 0.3) is 0 Å². The number of alkyl carbamates (subject to hydrolysis) is 1. The Morgan fingerprint density at radius 3 is 2.24 bits per heavy atom. The molecule has 17 heavy (non-hydrogen) atoms. The van der Waals surface area contributed by atoms with Crippen LogP contribution in [0, 0.1) is 5.92 Å². The molecule has 4 nitrogen and oxygen atoms in total. The fourth-order valence-corrected chi connectivity index (χ4v) is 1.60. The molecule has 1 saturated carbocycles. The Kier molecular flexibility index (Phi) is 4.07. The standard InChI is InChI=1S/C13H25NO3/c1-12(2,3)14-11(15)17-10(13(4,5)16)8-9-6-7-9/h9-10,16H,6-8H2,1-5H3,(H,14,15). The van der Waals surface area contributed by atoms with Gasteiger partial charge in [0.15, 0.2) is 0 Å². The van der Waals surface area contributed by atoms with E-state index in [1.165, 1.54) is 12.8 Å². The van der Waals surface area contributed by atoms with Crippen LogP contribution in [0.4, 0.5) is 4.79 Å². The molecular formula is C13H25NO3. The van der Waals surface area contributed by atoms with E-state index in [0.717, 1.165) is 6.42 Å². The maximum Gasteiger partial charge on any atom is 0.407 e. The topological polar surface area (TPSA) is 58.6 Å². The first-order valence-electron chi connectivity index (χ1n) is 6.29. The minimum Gasteiger partial charge on any atom is -0.443 e. The highest BCUT2D eigenvalue weighted by Gasteiger charge is 2.36. The zero-order chi connectivity index (χ0) is 13.3. The van der Waals surface area contributed by atoms with Gasteiger partial charge in [-0.25, -0.2) is 4.79 Å². The van der Waals surface area contributed by atoms with Gasteiger partial charge in [-0.15, -0.1) is 0 Å². The summed E-state index contributed by atoms with van der Waals surface area (Å²) in [6.45, 7) is 9.06. The number of rotatable bonds is 4. The lowest BCUT2D eigenvalue weighted by molar-refractivity contribution is -0.0620. The molecule has 1 aliphatic rings. The monoisotopic (exact) mass is 243 g/mol. The highest BCUT2D eigenvalue weighted by atomic mass is 16.6. The summed E-state index contributed by atoms with van der Waals surface area (Å²) in [5.41, 5.74) is -1.31. The van der Waals surface area contributed by atoms with Crippen molar-refractivity contribution < 1.29 is 14.6 Å². The van der Waals surface area contributed by atoms with Gasteiger partial charge in [-0.3, -0.25) is 0 Å². The molecule has 1 rings (SSSR count). The Bertz CT molecular complexity index is 271. The summed E-state index contributed by atoms with van der Waals surface area (Å²) in [4.78, 5) is 11.7. The third-order valence-corrected chi connectivity index (χ3v) is 2.76. The van der Waals surface area contributed by atoms with Crippen molar-refractivity contribution in [2.75, 3.05) is 0 Å². The second kappa shape index (κ2) is 4.84. The van der Waals surface area contributed by atoms with Crippen LogP contribution in [0.3, 0.4) is 0 Å². The smallest absolute Gasteiger partial charge is 0.407 e. The highest BCUT2D eigenvalue weighted by Crippen LogP contribution is 2.36. The molecule has 4 heteroatoms.